The van der Waals surface area contributed by atoms with Crippen molar-refractivity contribution in [1.29, 1.82) is 0 Å². The third kappa shape index (κ3) is 2.21. The van der Waals surface area contributed by atoms with Gasteiger partial charge in [0.2, 0.25) is 0 Å². The first kappa shape index (κ1) is 15.5. The van der Waals surface area contributed by atoms with Crippen LogP contribution in [0.3, 0.4) is 0 Å². The van der Waals surface area contributed by atoms with Crippen molar-refractivity contribution in [2.45, 2.75) is 84.7 Å². The lowest BCUT2D eigenvalue weighted by Gasteiger charge is -2.56. The Hall–Kier alpha value is -0.0400. The summed E-state index contributed by atoms with van der Waals surface area (Å²) >= 11 is 0. The maximum atomic E-state index is 10.3. The molecule has 4 aliphatic carbocycles. The molecule has 1 N–H and O–H groups in total. The molecule has 8 unspecified atom stereocenters. The SMILES string of the molecule is CC1CCC2C(CCC3C2CCC2(C)C3CCC2[C@H](C)O)C1. The van der Waals surface area contributed by atoms with Gasteiger partial charge in [-0.2, -0.15) is 0 Å². The zero-order valence-corrected chi connectivity index (χ0v) is 14.9. The van der Waals surface area contributed by atoms with Crippen LogP contribution in [0, 0.1) is 46.8 Å². The first-order valence-corrected chi connectivity index (χ1v) is 10.2. The molecule has 0 saturated heterocycles. The van der Waals surface area contributed by atoms with Crippen LogP contribution in [-0.2, 0) is 0 Å². The van der Waals surface area contributed by atoms with Gasteiger partial charge in [0, 0.05) is 0 Å². The van der Waals surface area contributed by atoms with Crippen LogP contribution in [0.25, 0.3) is 0 Å². The van der Waals surface area contributed by atoms with E-state index in [9.17, 15) is 5.11 Å². The Balaban J connectivity index is 1.55. The average Bonchev–Trinajstić information content (AvgIpc) is 2.84. The average molecular weight is 305 g/mol. The molecule has 0 spiro atoms. The largest absolute Gasteiger partial charge is 0.393 e. The lowest BCUT2D eigenvalue weighted by atomic mass is 9.49. The quantitative estimate of drug-likeness (QED) is 0.699. The van der Waals surface area contributed by atoms with E-state index >= 15 is 0 Å². The molecule has 9 atom stereocenters. The fourth-order valence-electron chi connectivity index (χ4n) is 7.92. The molecule has 1 nitrogen and oxygen atoms in total. The van der Waals surface area contributed by atoms with Gasteiger partial charge in [0.1, 0.15) is 0 Å². The van der Waals surface area contributed by atoms with Crippen LogP contribution in [0.15, 0.2) is 0 Å². The molecule has 0 aliphatic heterocycles. The van der Waals surface area contributed by atoms with Crippen LogP contribution in [0.1, 0.15) is 78.6 Å². The fourth-order valence-corrected chi connectivity index (χ4v) is 7.92. The number of aliphatic hydroxyl groups excluding tert-OH is 1. The highest BCUT2D eigenvalue weighted by atomic mass is 16.3. The molecule has 0 aromatic carbocycles. The lowest BCUT2D eigenvalue weighted by Crippen LogP contribution is -2.49. The predicted molar refractivity (Wildman–Crippen MR) is 91.4 cm³/mol. The van der Waals surface area contributed by atoms with Gasteiger partial charge in [-0.25, -0.2) is 0 Å². The zero-order chi connectivity index (χ0) is 15.5. The van der Waals surface area contributed by atoms with Crippen LogP contribution in [0.2, 0.25) is 0 Å². The summed E-state index contributed by atoms with van der Waals surface area (Å²) in [6, 6.07) is 0. The Kier molecular flexibility index (Phi) is 3.87. The molecule has 0 radical (unpaired) electrons. The topological polar surface area (TPSA) is 20.2 Å². The van der Waals surface area contributed by atoms with Crippen LogP contribution in [-0.4, -0.2) is 11.2 Å². The molecule has 0 aromatic heterocycles. The molecule has 0 amide bonds. The fraction of sp³-hybridized carbons (Fsp3) is 1.00. The number of fused-ring (bicyclic) bond motifs is 5. The number of aliphatic hydroxyl groups is 1. The standard InChI is InChI=1S/C21H36O/c1-13-4-6-16-15(12-13)5-7-18-17(16)10-11-21(3)19(14(2)22)8-9-20(18)21/h13-20,22H,4-12H2,1-3H3/t13?,14-,15?,16?,17?,18?,19?,20?,21?/m0/s1. The molecule has 0 aromatic rings. The number of rotatable bonds is 1. The molecule has 1 heteroatoms. The van der Waals surface area contributed by atoms with Crippen molar-refractivity contribution < 1.29 is 5.11 Å². The third-order valence-corrected chi connectivity index (χ3v) is 8.87. The van der Waals surface area contributed by atoms with Gasteiger partial charge >= 0.3 is 0 Å². The van der Waals surface area contributed by atoms with Crippen molar-refractivity contribution in [2.24, 2.45) is 46.8 Å². The monoisotopic (exact) mass is 304 g/mol. The van der Waals surface area contributed by atoms with E-state index in [-0.39, 0.29) is 6.10 Å². The van der Waals surface area contributed by atoms with Gasteiger partial charge in [0.25, 0.3) is 0 Å². The van der Waals surface area contributed by atoms with Gasteiger partial charge in [-0.1, -0.05) is 20.3 Å². The molecule has 4 rings (SSSR count). The lowest BCUT2D eigenvalue weighted by molar-refractivity contribution is -0.0813. The summed E-state index contributed by atoms with van der Waals surface area (Å²) in [5, 5.41) is 10.3. The highest BCUT2D eigenvalue weighted by Crippen LogP contribution is 2.64. The summed E-state index contributed by atoms with van der Waals surface area (Å²) in [5.41, 5.74) is 0.449. The van der Waals surface area contributed by atoms with Gasteiger partial charge in [-0.3, -0.25) is 0 Å². The minimum Gasteiger partial charge on any atom is -0.393 e. The van der Waals surface area contributed by atoms with Gasteiger partial charge in [-0.05, 0) is 105 Å². The summed E-state index contributed by atoms with van der Waals surface area (Å²) in [5.74, 6) is 6.63. The Bertz CT molecular complexity index is 416. The second kappa shape index (κ2) is 5.50. The maximum Gasteiger partial charge on any atom is 0.0545 e. The molecule has 4 aliphatic rings. The first-order valence-electron chi connectivity index (χ1n) is 10.2. The van der Waals surface area contributed by atoms with E-state index in [1.165, 1.54) is 57.8 Å². The van der Waals surface area contributed by atoms with E-state index in [4.69, 9.17) is 0 Å². The van der Waals surface area contributed by atoms with Crippen molar-refractivity contribution in [1.82, 2.24) is 0 Å². The normalized spacial score (nSPS) is 55.9. The summed E-state index contributed by atoms with van der Waals surface area (Å²) < 4.78 is 0. The second-order valence-electron chi connectivity index (χ2n) is 9.82. The van der Waals surface area contributed by atoms with Gasteiger partial charge in [-0.15, -0.1) is 0 Å². The van der Waals surface area contributed by atoms with E-state index in [1.54, 1.807) is 0 Å². The summed E-state index contributed by atoms with van der Waals surface area (Å²) in [6.07, 6.45) is 13.0. The maximum absolute atomic E-state index is 10.3. The highest BCUT2D eigenvalue weighted by molar-refractivity contribution is 5.06. The number of hydrogen-bond acceptors (Lipinski definition) is 1. The minimum atomic E-state index is -0.0987. The Morgan fingerprint density at radius 1 is 0.909 bits per heavy atom. The van der Waals surface area contributed by atoms with Gasteiger partial charge < -0.3 is 5.11 Å². The summed E-state index contributed by atoms with van der Waals surface area (Å²) in [6.45, 7) is 7.06. The van der Waals surface area contributed by atoms with Crippen molar-refractivity contribution in [3.05, 3.63) is 0 Å². The second-order valence-corrected chi connectivity index (χ2v) is 9.82. The molecule has 0 heterocycles. The summed E-state index contributed by atoms with van der Waals surface area (Å²) in [7, 11) is 0. The van der Waals surface area contributed by atoms with Crippen LogP contribution >= 0.6 is 0 Å². The Labute approximate surface area is 137 Å². The van der Waals surface area contributed by atoms with E-state index in [0.717, 1.165) is 35.5 Å². The molecule has 4 fully saturated rings. The van der Waals surface area contributed by atoms with Crippen LogP contribution < -0.4 is 0 Å². The predicted octanol–water partition coefficient (Wildman–Crippen LogP) is 5.27. The van der Waals surface area contributed by atoms with Crippen LogP contribution in [0.4, 0.5) is 0 Å². The molecule has 126 valence electrons. The molecule has 0 bridgehead atoms. The Morgan fingerprint density at radius 2 is 1.68 bits per heavy atom. The van der Waals surface area contributed by atoms with Crippen molar-refractivity contribution >= 4 is 0 Å². The third-order valence-electron chi connectivity index (χ3n) is 8.87. The van der Waals surface area contributed by atoms with Crippen molar-refractivity contribution in [3.63, 3.8) is 0 Å². The summed E-state index contributed by atoms with van der Waals surface area (Å²) in [4.78, 5) is 0. The first-order chi connectivity index (χ1) is 10.5. The van der Waals surface area contributed by atoms with E-state index in [1.807, 2.05) is 6.92 Å². The van der Waals surface area contributed by atoms with Crippen molar-refractivity contribution in [3.8, 4) is 0 Å². The molecular weight excluding hydrogens is 268 g/mol. The van der Waals surface area contributed by atoms with Gasteiger partial charge in [0.15, 0.2) is 0 Å². The van der Waals surface area contributed by atoms with E-state index in [2.05, 4.69) is 13.8 Å². The Morgan fingerprint density at radius 3 is 2.45 bits per heavy atom. The van der Waals surface area contributed by atoms with Crippen molar-refractivity contribution in [2.75, 3.05) is 0 Å². The smallest absolute Gasteiger partial charge is 0.0545 e. The van der Waals surface area contributed by atoms with Crippen LogP contribution in [0.5, 0.6) is 0 Å². The zero-order valence-electron chi connectivity index (χ0n) is 14.9. The molecule has 22 heavy (non-hydrogen) atoms. The minimum absolute atomic E-state index is 0.0987. The molecule has 4 saturated carbocycles. The van der Waals surface area contributed by atoms with Gasteiger partial charge in [0.05, 0.1) is 6.10 Å². The van der Waals surface area contributed by atoms with E-state index in [0.29, 0.717) is 11.3 Å². The molecular formula is C21H36O. The van der Waals surface area contributed by atoms with E-state index < -0.39 is 0 Å². The highest BCUT2D eigenvalue weighted by Gasteiger charge is 2.57. The number of hydrogen-bond donors (Lipinski definition) is 1.